The maximum absolute atomic E-state index is 3.62. The molecule has 1 atom stereocenters. The van der Waals surface area contributed by atoms with E-state index in [1.807, 2.05) is 0 Å². The zero-order valence-corrected chi connectivity index (χ0v) is 12.7. The van der Waals surface area contributed by atoms with Crippen LogP contribution in [0.1, 0.15) is 36.5 Å². The van der Waals surface area contributed by atoms with E-state index >= 15 is 0 Å². The summed E-state index contributed by atoms with van der Waals surface area (Å²) in [6, 6.07) is 6.71. The summed E-state index contributed by atoms with van der Waals surface area (Å²) in [7, 11) is 0. The first-order valence-electron chi connectivity index (χ1n) is 7.64. The first kappa shape index (κ1) is 14.5. The van der Waals surface area contributed by atoms with Crippen molar-refractivity contribution in [3.05, 3.63) is 34.9 Å². The Hall–Kier alpha value is -0.860. The molecule has 1 saturated heterocycles. The third-order valence-corrected chi connectivity index (χ3v) is 4.08. The van der Waals surface area contributed by atoms with E-state index in [9.17, 15) is 0 Å². The van der Waals surface area contributed by atoms with Gasteiger partial charge in [-0.05, 0) is 63.4 Å². The van der Waals surface area contributed by atoms with Crippen LogP contribution in [0.4, 0.5) is 0 Å². The van der Waals surface area contributed by atoms with Crippen LogP contribution in [-0.4, -0.2) is 31.1 Å². The fourth-order valence-electron chi connectivity index (χ4n) is 2.91. The quantitative estimate of drug-likeness (QED) is 0.845. The van der Waals surface area contributed by atoms with Gasteiger partial charge in [0, 0.05) is 13.1 Å². The van der Waals surface area contributed by atoms with Crippen LogP contribution < -0.4 is 5.32 Å². The van der Waals surface area contributed by atoms with Gasteiger partial charge in [0.25, 0.3) is 0 Å². The van der Waals surface area contributed by atoms with Gasteiger partial charge < -0.3 is 10.2 Å². The summed E-state index contributed by atoms with van der Waals surface area (Å²) in [4.78, 5) is 2.60. The summed E-state index contributed by atoms with van der Waals surface area (Å²) in [5.41, 5.74) is 4.19. The zero-order chi connectivity index (χ0) is 13.7. The van der Waals surface area contributed by atoms with Gasteiger partial charge in [0.05, 0.1) is 0 Å². The minimum absolute atomic E-state index is 0.739. The molecule has 1 N–H and O–H groups in total. The third-order valence-electron chi connectivity index (χ3n) is 4.08. The van der Waals surface area contributed by atoms with Crippen LogP contribution in [0.3, 0.4) is 0 Å². The van der Waals surface area contributed by atoms with Gasteiger partial charge in [-0.15, -0.1) is 0 Å². The smallest absolute Gasteiger partial charge is 0.0208 e. The zero-order valence-electron chi connectivity index (χ0n) is 12.7. The molecule has 1 aliphatic heterocycles. The highest BCUT2D eigenvalue weighted by Gasteiger charge is 2.14. The first-order valence-corrected chi connectivity index (χ1v) is 7.64. The molecule has 2 nitrogen and oxygen atoms in total. The Labute approximate surface area is 118 Å². The highest BCUT2D eigenvalue weighted by atomic mass is 15.1. The summed E-state index contributed by atoms with van der Waals surface area (Å²) in [5, 5.41) is 3.62. The molecule has 2 rings (SSSR count). The van der Waals surface area contributed by atoms with E-state index in [0.29, 0.717) is 0 Å². The van der Waals surface area contributed by atoms with Crippen molar-refractivity contribution >= 4 is 0 Å². The SMILES string of the molecule is Cc1ccc(C)c(CNCC(C)CN2CCCC2)c1. The number of rotatable bonds is 6. The molecule has 1 aliphatic rings. The lowest BCUT2D eigenvalue weighted by atomic mass is 10.1. The van der Waals surface area contributed by atoms with Crippen molar-refractivity contribution in [2.75, 3.05) is 26.2 Å². The molecule has 0 aliphatic carbocycles. The summed E-state index contributed by atoms with van der Waals surface area (Å²) in [5.74, 6) is 0.739. The van der Waals surface area contributed by atoms with Crippen LogP contribution >= 0.6 is 0 Å². The highest BCUT2D eigenvalue weighted by Crippen LogP contribution is 2.12. The van der Waals surface area contributed by atoms with Crippen LogP contribution in [0.2, 0.25) is 0 Å². The number of hydrogen-bond acceptors (Lipinski definition) is 2. The van der Waals surface area contributed by atoms with Gasteiger partial charge in [-0.25, -0.2) is 0 Å². The largest absolute Gasteiger partial charge is 0.312 e. The van der Waals surface area contributed by atoms with E-state index in [2.05, 4.69) is 49.2 Å². The van der Waals surface area contributed by atoms with Gasteiger partial charge in [-0.3, -0.25) is 0 Å². The van der Waals surface area contributed by atoms with Crippen LogP contribution in [0.5, 0.6) is 0 Å². The standard InChI is InChI=1S/C17H28N2/c1-14-6-7-16(3)17(10-14)12-18-11-15(2)13-19-8-4-5-9-19/h6-7,10,15,18H,4-5,8-9,11-13H2,1-3H3. The molecule has 1 unspecified atom stereocenters. The van der Waals surface area contributed by atoms with Gasteiger partial charge in [0.1, 0.15) is 0 Å². The lowest BCUT2D eigenvalue weighted by Gasteiger charge is -2.20. The molecule has 1 aromatic rings. The van der Waals surface area contributed by atoms with Crippen molar-refractivity contribution in [3.63, 3.8) is 0 Å². The van der Waals surface area contributed by atoms with E-state index in [4.69, 9.17) is 0 Å². The number of nitrogens with one attached hydrogen (secondary N) is 1. The Bertz CT molecular complexity index is 394. The Morgan fingerprint density at radius 2 is 1.95 bits per heavy atom. The van der Waals surface area contributed by atoms with Gasteiger partial charge in [0.15, 0.2) is 0 Å². The van der Waals surface area contributed by atoms with E-state index < -0.39 is 0 Å². The fourth-order valence-corrected chi connectivity index (χ4v) is 2.91. The Kier molecular flexibility index (Phi) is 5.41. The number of likely N-dealkylation sites (tertiary alicyclic amines) is 1. The second-order valence-electron chi connectivity index (χ2n) is 6.17. The van der Waals surface area contributed by atoms with Crippen molar-refractivity contribution in [3.8, 4) is 0 Å². The minimum atomic E-state index is 0.739. The molecular weight excluding hydrogens is 232 g/mol. The molecule has 1 aromatic carbocycles. The molecule has 106 valence electrons. The third kappa shape index (κ3) is 4.63. The molecule has 1 heterocycles. The molecular formula is C17H28N2. The molecule has 2 heteroatoms. The van der Waals surface area contributed by atoms with Gasteiger partial charge in [0.2, 0.25) is 0 Å². The van der Waals surface area contributed by atoms with Crippen LogP contribution in [0.25, 0.3) is 0 Å². The lowest BCUT2D eigenvalue weighted by molar-refractivity contribution is 0.282. The van der Waals surface area contributed by atoms with E-state index in [0.717, 1.165) is 19.0 Å². The molecule has 19 heavy (non-hydrogen) atoms. The maximum Gasteiger partial charge on any atom is 0.0208 e. The van der Waals surface area contributed by atoms with E-state index in [1.54, 1.807) is 0 Å². The van der Waals surface area contributed by atoms with Crippen molar-refractivity contribution < 1.29 is 0 Å². The second-order valence-corrected chi connectivity index (χ2v) is 6.17. The van der Waals surface area contributed by atoms with Crippen LogP contribution in [0, 0.1) is 19.8 Å². The van der Waals surface area contributed by atoms with Gasteiger partial charge in [-0.1, -0.05) is 30.7 Å². The lowest BCUT2D eigenvalue weighted by Crippen LogP contribution is -2.31. The molecule has 0 amide bonds. The average molecular weight is 260 g/mol. The molecule has 1 fully saturated rings. The molecule has 0 spiro atoms. The van der Waals surface area contributed by atoms with Crippen LogP contribution in [0.15, 0.2) is 18.2 Å². The molecule has 0 aromatic heterocycles. The summed E-state index contributed by atoms with van der Waals surface area (Å²) < 4.78 is 0. The monoisotopic (exact) mass is 260 g/mol. The van der Waals surface area contributed by atoms with Crippen molar-refractivity contribution in [1.29, 1.82) is 0 Å². The van der Waals surface area contributed by atoms with Crippen molar-refractivity contribution in [2.24, 2.45) is 5.92 Å². The second kappa shape index (κ2) is 7.06. The fraction of sp³-hybridized carbons (Fsp3) is 0.647. The minimum Gasteiger partial charge on any atom is -0.312 e. The molecule has 0 radical (unpaired) electrons. The van der Waals surface area contributed by atoms with Gasteiger partial charge in [-0.2, -0.15) is 0 Å². The first-order chi connectivity index (χ1) is 9.15. The number of nitrogens with zero attached hydrogens (tertiary/aromatic N) is 1. The molecule has 0 bridgehead atoms. The average Bonchev–Trinajstić information content (AvgIpc) is 2.86. The number of hydrogen-bond donors (Lipinski definition) is 1. The molecule has 0 saturated carbocycles. The van der Waals surface area contributed by atoms with Crippen molar-refractivity contribution in [2.45, 2.75) is 40.2 Å². The Morgan fingerprint density at radius 1 is 1.21 bits per heavy atom. The predicted octanol–water partition coefficient (Wildman–Crippen LogP) is 3.12. The predicted molar refractivity (Wildman–Crippen MR) is 82.5 cm³/mol. The topological polar surface area (TPSA) is 15.3 Å². The number of benzene rings is 1. The number of aryl methyl sites for hydroxylation is 2. The van der Waals surface area contributed by atoms with Gasteiger partial charge >= 0.3 is 0 Å². The van der Waals surface area contributed by atoms with Crippen molar-refractivity contribution in [1.82, 2.24) is 10.2 Å². The Balaban J connectivity index is 1.71. The van der Waals surface area contributed by atoms with E-state index in [-0.39, 0.29) is 0 Å². The summed E-state index contributed by atoms with van der Waals surface area (Å²) >= 11 is 0. The summed E-state index contributed by atoms with van der Waals surface area (Å²) in [6.45, 7) is 12.7. The van der Waals surface area contributed by atoms with E-state index in [1.165, 1.54) is 49.2 Å². The normalized spacial score (nSPS) is 17.8. The summed E-state index contributed by atoms with van der Waals surface area (Å²) in [6.07, 6.45) is 2.78. The van der Waals surface area contributed by atoms with Crippen LogP contribution in [-0.2, 0) is 6.54 Å². The Morgan fingerprint density at radius 3 is 2.68 bits per heavy atom. The maximum atomic E-state index is 3.62. The highest BCUT2D eigenvalue weighted by molar-refractivity contribution is 5.30.